The Morgan fingerprint density at radius 2 is 1.70 bits per heavy atom. The highest BCUT2D eigenvalue weighted by Crippen LogP contribution is 2.31. The van der Waals surface area contributed by atoms with E-state index in [1.165, 1.54) is 36.7 Å². The fraction of sp³-hybridized carbons (Fsp3) is 0.107. The second kappa shape index (κ2) is 12.5. The number of rotatable bonds is 5. The monoisotopic (exact) mass is 617 g/mol. The number of amides is 2. The Labute approximate surface area is 242 Å². The van der Waals surface area contributed by atoms with E-state index in [9.17, 15) is 30.8 Å². The van der Waals surface area contributed by atoms with Crippen LogP contribution in [-0.4, -0.2) is 33.5 Å². The van der Waals surface area contributed by atoms with Crippen LogP contribution in [0.3, 0.4) is 0 Å². The maximum absolute atomic E-state index is 14.5. The van der Waals surface area contributed by atoms with Crippen LogP contribution in [0.4, 0.5) is 33.7 Å². The third-order valence-corrected chi connectivity index (χ3v) is 6.66. The van der Waals surface area contributed by atoms with Crippen LogP contribution in [0, 0.1) is 12.7 Å². The molecule has 0 aliphatic rings. The van der Waals surface area contributed by atoms with Gasteiger partial charge in [0.1, 0.15) is 23.4 Å². The molecule has 3 aromatic carbocycles. The molecular formula is C28H23F4N5O5S. The molecule has 43 heavy (non-hydrogen) atoms. The van der Waals surface area contributed by atoms with Crippen LogP contribution >= 0.6 is 0 Å². The Morgan fingerprint density at radius 3 is 2.35 bits per heavy atom. The van der Waals surface area contributed by atoms with Crippen LogP contribution in [0.5, 0.6) is 11.6 Å². The predicted octanol–water partition coefficient (Wildman–Crippen LogP) is 6.80. The third kappa shape index (κ3) is 8.05. The third-order valence-electron chi connectivity index (χ3n) is 5.80. The Bertz CT molecular complexity index is 1880. The second-order valence-corrected chi connectivity index (χ2v) is 10.5. The summed E-state index contributed by atoms with van der Waals surface area (Å²) >= 11 is 0. The summed E-state index contributed by atoms with van der Waals surface area (Å²) in [4.78, 5) is 20.2. The number of carbonyl (C=O) groups is 1. The largest absolute Gasteiger partial charge is 0.437 e. The van der Waals surface area contributed by atoms with Gasteiger partial charge in [0.25, 0.3) is 10.1 Å². The first-order valence-corrected chi connectivity index (χ1v) is 13.7. The second-order valence-electron chi connectivity index (χ2n) is 9.03. The standard InChI is InChI=1S/C21H15F4N5O2.C7H8O3S/c1-30-8-7-17-18(30)19(27-11-26-17)32-14-5-6-16(15(22)10-14)29-20(31)28-13-4-2-3-12(9-13)21(23,24)25;1-6-2-4-7(5-3-6)11(8,9)10/h2-11H,1H3,(H2,28,29,31);2-5H,1H3,(H,8,9,10). The number of anilines is 2. The number of alkyl halides is 3. The van der Waals surface area contributed by atoms with Gasteiger partial charge >= 0.3 is 12.2 Å². The van der Waals surface area contributed by atoms with Gasteiger partial charge in [-0.25, -0.2) is 14.2 Å². The van der Waals surface area contributed by atoms with E-state index in [1.807, 2.05) is 6.92 Å². The summed E-state index contributed by atoms with van der Waals surface area (Å²) in [6, 6.07) is 14.7. The van der Waals surface area contributed by atoms with E-state index in [1.54, 1.807) is 36.0 Å². The molecule has 0 radical (unpaired) electrons. The van der Waals surface area contributed by atoms with Crippen molar-refractivity contribution in [3.8, 4) is 11.6 Å². The summed E-state index contributed by atoms with van der Waals surface area (Å²) in [5, 5.41) is 4.49. The van der Waals surface area contributed by atoms with E-state index >= 15 is 0 Å². The number of nitrogens with one attached hydrogen (secondary N) is 2. The quantitative estimate of drug-likeness (QED) is 0.146. The maximum atomic E-state index is 14.5. The number of aromatic nitrogens is 3. The van der Waals surface area contributed by atoms with Gasteiger partial charge in [0.05, 0.1) is 21.7 Å². The van der Waals surface area contributed by atoms with E-state index in [4.69, 9.17) is 9.29 Å². The van der Waals surface area contributed by atoms with E-state index in [0.29, 0.717) is 11.0 Å². The number of halogens is 4. The van der Waals surface area contributed by atoms with Gasteiger partial charge in [-0.15, -0.1) is 0 Å². The van der Waals surface area contributed by atoms with E-state index in [2.05, 4.69) is 20.6 Å². The Hall–Kier alpha value is -5.02. The van der Waals surface area contributed by atoms with Crippen molar-refractivity contribution in [1.29, 1.82) is 0 Å². The van der Waals surface area contributed by atoms with E-state index in [-0.39, 0.29) is 27.9 Å². The normalized spacial score (nSPS) is 11.4. The fourth-order valence-corrected chi connectivity index (χ4v) is 4.18. The van der Waals surface area contributed by atoms with Gasteiger partial charge in [0, 0.05) is 25.0 Å². The van der Waals surface area contributed by atoms with Crippen LogP contribution in [0.15, 0.2) is 90.2 Å². The van der Waals surface area contributed by atoms with Crippen molar-refractivity contribution in [3.63, 3.8) is 0 Å². The number of hydrogen-bond donors (Lipinski definition) is 3. The van der Waals surface area contributed by atoms with Gasteiger partial charge in [-0.2, -0.15) is 26.6 Å². The maximum Gasteiger partial charge on any atom is 0.416 e. The van der Waals surface area contributed by atoms with Gasteiger partial charge in [0.15, 0.2) is 0 Å². The molecule has 0 aliphatic heterocycles. The summed E-state index contributed by atoms with van der Waals surface area (Å²) < 4.78 is 89.8. The lowest BCUT2D eigenvalue weighted by atomic mass is 10.2. The minimum Gasteiger partial charge on any atom is -0.437 e. The van der Waals surface area contributed by atoms with Gasteiger partial charge < -0.3 is 19.9 Å². The van der Waals surface area contributed by atoms with Crippen LogP contribution in [0.1, 0.15) is 11.1 Å². The molecular weight excluding hydrogens is 594 g/mol. The topological polar surface area (TPSA) is 135 Å². The summed E-state index contributed by atoms with van der Waals surface area (Å²) in [5.41, 5.74) is 1.04. The molecule has 15 heteroatoms. The van der Waals surface area contributed by atoms with Crippen LogP contribution in [0.25, 0.3) is 11.0 Å². The van der Waals surface area contributed by atoms with E-state index < -0.39 is 33.7 Å². The lowest BCUT2D eigenvalue weighted by Crippen LogP contribution is -2.20. The van der Waals surface area contributed by atoms with Gasteiger partial charge in [-0.05, 0) is 55.5 Å². The molecule has 2 aromatic heterocycles. The molecule has 0 atom stereocenters. The zero-order valence-electron chi connectivity index (χ0n) is 22.4. The van der Waals surface area contributed by atoms with Crippen LogP contribution in [-0.2, 0) is 23.3 Å². The Balaban J connectivity index is 0.000000324. The van der Waals surface area contributed by atoms with Gasteiger partial charge in [-0.1, -0.05) is 23.8 Å². The summed E-state index contributed by atoms with van der Waals surface area (Å²) in [6.07, 6.45) is -1.45. The van der Waals surface area contributed by atoms with Crippen molar-refractivity contribution in [2.75, 3.05) is 10.6 Å². The first kappa shape index (κ1) is 30.9. The molecule has 0 bridgehead atoms. The van der Waals surface area contributed by atoms with Crippen molar-refractivity contribution < 1.29 is 40.1 Å². The SMILES string of the molecule is Cc1ccc(S(=O)(=O)O)cc1.Cn1ccc2ncnc(Oc3ccc(NC(=O)Nc4cccc(C(F)(F)F)c4)c(F)c3)c21. The van der Waals surface area contributed by atoms with Crippen molar-refractivity contribution in [3.05, 3.63) is 102 Å². The van der Waals surface area contributed by atoms with Crippen molar-refractivity contribution in [1.82, 2.24) is 14.5 Å². The first-order valence-electron chi connectivity index (χ1n) is 12.2. The first-order chi connectivity index (χ1) is 20.2. The Morgan fingerprint density at radius 1 is 0.977 bits per heavy atom. The minimum atomic E-state index is -4.55. The highest BCUT2D eigenvalue weighted by molar-refractivity contribution is 7.85. The molecule has 0 saturated heterocycles. The molecule has 3 N–H and O–H groups in total. The highest BCUT2D eigenvalue weighted by Gasteiger charge is 2.30. The molecule has 0 unspecified atom stereocenters. The number of ether oxygens (including phenoxy) is 1. The smallest absolute Gasteiger partial charge is 0.416 e. The van der Waals surface area contributed by atoms with E-state index in [0.717, 1.165) is 29.8 Å². The number of benzene rings is 3. The minimum absolute atomic E-state index is 0.0666. The molecule has 5 aromatic rings. The number of urea groups is 1. The highest BCUT2D eigenvalue weighted by atomic mass is 32.2. The van der Waals surface area contributed by atoms with Gasteiger partial charge in [0.2, 0.25) is 5.88 Å². The molecule has 0 saturated carbocycles. The van der Waals surface area contributed by atoms with Crippen molar-refractivity contribution in [2.24, 2.45) is 7.05 Å². The zero-order chi connectivity index (χ0) is 31.4. The average Bonchev–Trinajstić information content (AvgIpc) is 3.31. The molecule has 2 amide bonds. The lowest BCUT2D eigenvalue weighted by molar-refractivity contribution is -0.137. The molecule has 0 spiro atoms. The molecule has 10 nitrogen and oxygen atoms in total. The van der Waals surface area contributed by atoms with Crippen molar-refractivity contribution in [2.45, 2.75) is 18.0 Å². The number of fused-ring (bicyclic) bond motifs is 1. The number of carbonyl (C=O) groups excluding carboxylic acids is 1. The summed E-state index contributed by atoms with van der Waals surface area (Å²) in [6.45, 7) is 1.84. The van der Waals surface area contributed by atoms with Gasteiger partial charge in [-0.3, -0.25) is 4.55 Å². The van der Waals surface area contributed by atoms with Crippen LogP contribution < -0.4 is 15.4 Å². The zero-order valence-corrected chi connectivity index (χ0v) is 23.2. The number of hydrogen-bond acceptors (Lipinski definition) is 6. The molecule has 0 aliphatic carbocycles. The van der Waals surface area contributed by atoms with Crippen molar-refractivity contribution >= 4 is 38.6 Å². The fourth-order valence-electron chi connectivity index (χ4n) is 3.70. The number of aryl methyl sites for hydroxylation is 2. The number of nitrogens with zero attached hydrogens (tertiary/aromatic N) is 3. The summed E-state index contributed by atoms with van der Waals surface area (Å²) in [5.74, 6) is -0.448. The molecule has 2 heterocycles. The van der Waals surface area contributed by atoms with Crippen LogP contribution in [0.2, 0.25) is 0 Å². The lowest BCUT2D eigenvalue weighted by Gasteiger charge is -2.12. The molecule has 224 valence electrons. The summed E-state index contributed by atoms with van der Waals surface area (Å²) in [7, 11) is -2.23. The molecule has 0 fully saturated rings. The Kier molecular flexibility index (Phi) is 8.96. The molecule has 5 rings (SSSR count). The predicted molar refractivity (Wildman–Crippen MR) is 150 cm³/mol. The average molecular weight is 618 g/mol.